The van der Waals surface area contributed by atoms with Crippen molar-refractivity contribution in [3.05, 3.63) is 28.8 Å². The quantitative estimate of drug-likeness (QED) is 0.763. The lowest BCUT2D eigenvalue weighted by Gasteiger charge is -2.27. The van der Waals surface area contributed by atoms with Gasteiger partial charge in [-0.15, -0.1) is 0 Å². The Hall–Kier alpha value is -0.254. The standard InChI is InChI=1S/C15H25NO.Mg.2H/c1-14(2,3)11-7-10(9-16)13(17)12(8-11)15(4,5)6;;;/h7-8,17H,9,16H2,1-6H3;;;. The third-order valence-corrected chi connectivity index (χ3v) is 3.08. The normalized spacial score (nSPS) is 12.2. The summed E-state index contributed by atoms with van der Waals surface area (Å²) in [5, 5.41) is 10.2. The molecule has 1 rings (SSSR count). The Morgan fingerprint density at radius 1 is 1.00 bits per heavy atom. The fourth-order valence-electron chi connectivity index (χ4n) is 1.85. The van der Waals surface area contributed by atoms with Gasteiger partial charge in [-0.1, -0.05) is 53.7 Å². The van der Waals surface area contributed by atoms with Crippen molar-refractivity contribution in [3.63, 3.8) is 0 Å². The zero-order chi connectivity index (χ0) is 13.4. The topological polar surface area (TPSA) is 46.2 Å². The average molecular weight is 262 g/mol. The molecular weight excluding hydrogens is 234 g/mol. The van der Waals surface area contributed by atoms with E-state index in [4.69, 9.17) is 5.73 Å². The molecule has 0 radical (unpaired) electrons. The van der Waals surface area contributed by atoms with Crippen molar-refractivity contribution in [1.82, 2.24) is 0 Å². The van der Waals surface area contributed by atoms with Gasteiger partial charge < -0.3 is 10.8 Å². The second kappa shape index (κ2) is 5.80. The lowest BCUT2D eigenvalue weighted by molar-refractivity contribution is 0.438. The van der Waals surface area contributed by atoms with Crippen LogP contribution in [-0.2, 0) is 17.4 Å². The molecule has 0 fully saturated rings. The maximum atomic E-state index is 10.2. The van der Waals surface area contributed by atoms with Crippen LogP contribution in [0.4, 0.5) is 0 Å². The Balaban J connectivity index is 0.00000289. The van der Waals surface area contributed by atoms with Crippen molar-refractivity contribution in [2.75, 3.05) is 0 Å². The molecule has 0 atom stereocenters. The third kappa shape index (κ3) is 3.87. The molecule has 1 aromatic rings. The summed E-state index contributed by atoms with van der Waals surface area (Å²) < 4.78 is 0. The first kappa shape index (κ1) is 17.7. The second-order valence-corrected chi connectivity index (χ2v) is 6.74. The number of phenolic OH excluding ortho intramolecular Hbond substituents is 1. The van der Waals surface area contributed by atoms with E-state index in [1.165, 1.54) is 5.56 Å². The molecule has 0 spiro atoms. The van der Waals surface area contributed by atoms with E-state index in [2.05, 4.69) is 47.6 Å². The van der Waals surface area contributed by atoms with Crippen LogP contribution < -0.4 is 5.73 Å². The monoisotopic (exact) mass is 261 g/mol. The SMILES string of the molecule is CC(C)(C)c1cc(CN)c(O)c(C(C)(C)C)c1.[MgH2]. The second-order valence-electron chi connectivity index (χ2n) is 6.74. The van der Waals surface area contributed by atoms with Gasteiger partial charge in [-0.05, 0) is 22.0 Å². The Morgan fingerprint density at radius 2 is 1.50 bits per heavy atom. The molecule has 0 aliphatic carbocycles. The highest BCUT2D eigenvalue weighted by Gasteiger charge is 2.24. The summed E-state index contributed by atoms with van der Waals surface area (Å²) >= 11 is 0. The summed E-state index contributed by atoms with van der Waals surface area (Å²) in [5.74, 6) is 0.355. The van der Waals surface area contributed by atoms with Crippen molar-refractivity contribution < 1.29 is 5.11 Å². The molecule has 0 saturated carbocycles. The van der Waals surface area contributed by atoms with Crippen molar-refractivity contribution in [1.29, 1.82) is 0 Å². The van der Waals surface area contributed by atoms with E-state index in [0.29, 0.717) is 12.3 Å². The van der Waals surface area contributed by atoms with Crippen molar-refractivity contribution in [3.8, 4) is 5.75 Å². The smallest absolute Gasteiger partial charge is 0.316 e. The zero-order valence-electron chi connectivity index (χ0n) is 11.9. The van der Waals surface area contributed by atoms with Crippen LogP contribution in [0.1, 0.15) is 58.2 Å². The summed E-state index contributed by atoms with van der Waals surface area (Å²) in [5.41, 5.74) is 8.74. The Labute approximate surface area is 127 Å². The molecule has 0 saturated heterocycles. The Bertz CT molecular complexity index is 414. The highest BCUT2D eigenvalue weighted by molar-refractivity contribution is 5.75. The van der Waals surface area contributed by atoms with Gasteiger partial charge in [-0.25, -0.2) is 0 Å². The van der Waals surface area contributed by atoms with E-state index >= 15 is 0 Å². The van der Waals surface area contributed by atoms with Crippen LogP contribution in [0, 0.1) is 0 Å². The van der Waals surface area contributed by atoms with Gasteiger partial charge in [-0.3, -0.25) is 0 Å². The van der Waals surface area contributed by atoms with Gasteiger partial charge in [0.1, 0.15) is 5.75 Å². The van der Waals surface area contributed by atoms with Gasteiger partial charge >= 0.3 is 23.1 Å². The first-order chi connectivity index (χ1) is 7.57. The summed E-state index contributed by atoms with van der Waals surface area (Å²) in [4.78, 5) is 0. The van der Waals surface area contributed by atoms with Gasteiger partial charge in [0, 0.05) is 12.1 Å². The summed E-state index contributed by atoms with van der Waals surface area (Å²) in [6.07, 6.45) is 0. The van der Waals surface area contributed by atoms with Crippen LogP contribution >= 0.6 is 0 Å². The third-order valence-electron chi connectivity index (χ3n) is 3.08. The van der Waals surface area contributed by atoms with E-state index in [-0.39, 0.29) is 33.9 Å². The summed E-state index contributed by atoms with van der Waals surface area (Å²) in [7, 11) is 0. The average Bonchev–Trinajstić information content (AvgIpc) is 2.14. The fourth-order valence-corrected chi connectivity index (χ4v) is 1.85. The number of nitrogens with two attached hydrogens (primary N) is 1. The number of benzene rings is 1. The van der Waals surface area contributed by atoms with Crippen LogP contribution in [0.3, 0.4) is 0 Å². The largest absolute Gasteiger partial charge is 0.507 e. The van der Waals surface area contributed by atoms with E-state index in [0.717, 1.165) is 11.1 Å². The highest BCUT2D eigenvalue weighted by atomic mass is 24.3. The molecule has 1 aromatic carbocycles. The number of phenols is 1. The lowest BCUT2D eigenvalue weighted by Crippen LogP contribution is -2.18. The minimum atomic E-state index is -0.0741. The molecule has 100 valence electrons. The predicted molar refractivity (Wildman–Crippen MR) is 81.9 cm³/mol. The first-order valence-corrected chi connectivity index (χ1v) is 6.14. The number of hydrogen-bond donors (Lipinski definition) is 2. The number of aromatic hydroxyl groups is 1. The van der Waals surface area contributed by atoms with Crippen LogP contribution in [0.25, 0.3) is 0 Å². The molecule has 0 aromatic heterocycles. The molecule has 0 heterocycles. The van der Waals surface area contributed by atoms with Gasteiger partial charge in [-0.2, -0.15) is 0 Å². The van der Waals surface area contributed by atoms with Crippen LogP contribution in [0.5, 0.6) is 5.75 Å². The molecule has 0 unspecified atom stereocenters. The van der Waals surface area contributed by atoms with Gasteiger partial charge in [0.2, 0.25) is 0 Å². The minimum absolute atomic E-state index is 0. The minimum Gasteiger partial charge on any atom is -0.507 e. The van der Waals surface area contributed by atoms with E-state index < -0.39 is 0 Å². The molecular formula is C15H27MgNO. The Morgan fingerprint density at radius 3 is 1.83 bits per heavy atom. The molecule has 0 bridgehead atoms. The number of hydrogen-bond acceptors (Lipinski definition) is 2. The van der Waals surface area contributed by atoms with Gasteiger partial charge in [0.15, 0.2) is 0 Å². The maximum absolute atomic E-state index is 10.2. The zero-order valence-corrected chi connectivity index (χ0v) is 11.9. The van der Waals surface area contributed by atoms with E-state index in [9.17, 15) is 5.11 Å². The molecule has 0 aliphatic heterocycles. The van der Waals surface area contributed by atoms with Crippen molar-refractivity contribution in [2.45, 2.75) is 58.9 Å². The predicted octanol–water partition coefficient (Wildman–Crippen LogP) is 2.53. The van der Waals surface area contributed by atoms with Crippen molar-refractivity contribution >= 4 is 23.1 Å². The maximum Gasteiger partial charge on any atom is 0.316 e. The molecule has 2 nitrogen and oxygen atoms in total. The first-order valence-electron chi connectivity index (χ1n) is 6.14. The molecule has 0 amide bonds. The summed E-state index contributed by atoms with van der Waals surface area (Å²) in [6, 6.07) is 4.12. The van der Waals surface area contributed by atoms with E-state index in [1.54, 1.807) is 0 Å². The lowest BCUT2D eigenvalue weighted by atomic mass is 9.79. The van der Waals surface area contributed by atoms with Crippen LogP contribution in [0.15, 0.2) is 12.1 Å². The van der Waals surface area contributed by atoms with Crippen molar-refractivity contribution in [2.24, 2.45) is 5.73 Å². The van der Waals surface area contributed by atoms with Crippen LogP contribution in [0.2, 0.25) is 0 Å². The van der Waals surface area contributed by atoms with E-state index in [1.807, 2.05) is 6.07 Å². The Kier molecular flexibility index (Phi) is 5.72. The molecule has 18 heavy (non-hydrogen) atoms. The highest BCUT2D eigenvalue weighted by Crippen LogP contribution is 2.37. The molecule has 3 N–H and O–H groups in total. The number of rotatable bonds is 1. The van der Waals surface area contributed by atoms with Gasteiger partial charge in [0.05, 0.1) is 0 Å². The summed E-state index contributed by atoms with van der Waals surface area (Å²) in [6.45, 7) is 13.2. The fraction of sp³-hybridized carbons (Fsp3) is 0.600. The molecule has 0 aliphatic rings. The molecule has 3 heteroatoms. The van der Waals surface area contributed by atoms with Crippen LogP contribution in [-0.4, -0.2) is 28.2 Å². The van der Waals surface area contributed by atoms with Gasteiger partial charge in [0.25, 0.3) is 0 Å².